The summed E-state index contributed by atoms with van der Waals surface area (Å²) in [6, 6.07) is 8.40. The van der Waals surface area contributed by atoms with E-state index in [0.29, 0.717) is 5.92 Å². The monoisotopic (exact) mass is 172 g/mol. The Hall–Kier alpha value is -1.37. The van der Waals surface area contributed by atoms with Gasteiger partial charge in [0.1, 0.15) is 0 Å². The highest BCUT2D eigenvalue weighted by Gasteiger charge is 2.11. The first-order valence-electron chi connectivity index (χ1n) is 4.65. The molecule has 0 bridgehead atoms. The van der Waals surface area contributed by atoms with Crippen LogP contribution in [-0.2, 0) is 0 Å². The van der Waals surface area contributed by atoms with Crippen LogP contribution in [0.3, 0.4) is 0 Å². The van der Waals surface area contributed by atoms with Gasteiger partial charge in [-0.05, 0) is 25.5 Å². The second-order valence-electron chi connectivity index (χ2n) is 3.57. The Balaban J connectivity index is 2.59. The predicted molar refractivity (Wildman–Crippen MR) is 55.9 cm³/mol. The fraction of sp³-hybridized carbons (Fsp3) is 0.250. The molecule has 1 unspecified atom stereocenters. The smallest absolute Gasteiger partial charge is 0.210 e. The largest absolute Gasteiger partial charge is 0.214 e. The molecule has 1 aliphatic heterocycles. The van der Waals surface area contributed by atoms with E-state index in [9.17, 15) is 0 Å². The number of benzene rings is 1. The van der Waals surface area contributed by atoms with E-state index in [2.05, 4.69) is 55.4 Å². The van der Waals surface area contributed by atoms with Crippen molar-refractivity contribution in [2.24, 2.45) is 5.92 Å². The summed E-state index contributed by atoms with van der Waals surface area (Å²) in [5.74, 6) is 0.493. The number of allylic oxidation sites excluding steroid dienone is 2. The van der Waals surface area contributed by atoms with Crippen LogP contribution in [0.5, 0.6) is 0 Å². The maximum absolute atomic E-state index is 3.33. The van der Waals surface area contributed by atoms with E-state index in [1.54, 1.807) is 0 Å². The van der Waals surface area contributed by atoms with Gasteiger partial charge >= 0.3 is 0 Å². The maximum atomic E-state index is 3.33. The van der Waals surface area contributed by atoms with Crippen molar-refractivity contribution in [2.75, 3.05) is 0 Å². The highest BCUT2D eigenvalue weighted by atomic mass is 14.7. The minimum atomic E-state index is 0.493. The van der Waals surface area contributed by atoms with Crippen molar-refractivity contribution in [3.05, 3.63) is 35.9 Å². The fourth-order valence-corrected chi connectivity index (χ4v) is 1.71. The van der Waals surface area contributed by atoms with E-state index in [1.165, 1.54) is 16.8 Å². The number of nitrogens with one attached hydrogen (secondary N) is 1. The van der Waals surface area contributed by atoms with Crippen molar-refractivity contribution >= 4 is 17.5 Å². The molecule has 0 saturated heterocycles. The molecule has 0 radical (unpaired) electrons. The number of fused-ring (bicyclic) bond motifs is 1. The normalized spacial score (nSPS) is 20.5. The zero-order valence-electron chi connectivity index (χ0n) is 8.04. The van der Waals surface area contributed by atoms with Gasteiger partial charge in [-0.25, -0.2) is 4.99 Å². The second kappa shape index (κ2) is 3.17. The molecular formula is C12H14N+. The molecule has 13 heavy (non-hydrogen) atoms. The van der Waals surface area contributed by atoms with E-state index in [-0.39, 0.29) is 0 Å². The Kier molecular flexibility index (Phi) is 2.01. The Morgan fingerprint density at radius 1 is 1.23 bits per heavy atom. The van der Waals surface area contributed by atoms with Gasteiger partial charge in [-0.1, -0.05) is 18.2 Å². The molecule has 0 aliphatic carbocycles. The molecule has 1 heteroatoms. The number of hydrogen-bond donors (Lipinski definition) is 1. The summed E-state index contributed by atoms with van der Waals surface area (Å²) in [5, 5.41) is 0. The molecule has 1 nitrogen and oxygen atoms in total. The van der Waals surface area contributed by atoms with Crippen molar-refractivity contribution in [3.8, 4) is 0 Å². The highest BCUT2D eigenvalue weighted by molar-refractivity contribution is 5.76. The third kappa shape index (κ3) is 1.55. The minimum absolute atomic E-state index is 0.493. The molecule has 1 aromatic rings. The topological polar surface area (TPSA) is 14.0 Å². The van der Waals surface area contributed by atoms with Crippen LogP contribution >= 0.6 is 0 Å². The van der Waals surface area contributed by atoms with Crippen LogP contribution in [0.4, 0.5) is 5.69 Å². The summed E-state index contributed by atoms with van der Waals surface area (Å²) in [6.45, 7) is 4.35. The van der Waals surface area contributed by atoms with Crippen molar-refractivity contribution in [2.45, 2.75) is 13.8 Å². The van der Waals surface area contributed by atoms with Crippen molar-refractivity contribution < 1.29 is 4.99 Å². The molecule has 1 heterocycles. The van der Waals surface area contributed by atoms with Crippen LogP contribution in [0.1, 0.15) is 19.4 Å². The lowest BCUT2D eigenvalue weighted by molar-refractivity contribution is -0.350. The summed E-state index contributed by atoms with van der Waals surface area (Å²) < 4.78 is 0. The lowest BCUT2D eigenvalue weighted by Gasteiger charge is -1.99. The lowest BCUT2D eigenvalue weighted by atomic mass is 10.0. The average Bonchev–Trinajstić information content (AvgIpc) is 2.27. The van der Waals surface area contributed by atoms with Gasteiger partial charge in [0.05, 0.1) is 5.92 Å². The fourth-order valence-electron chi connectivity index (χ4n) is 1.71. The first-order chi connectivity index (χ1) is 6.27. The van der Waals surface area contributed by atoms with Crippen LogP contribution in [0.15, 0.2) is 30.3 Å². The van der Waals surface area contributed by atoms with Crippen LogP contribution in [0, 0.1) is 5.92 Å². The number of para-hydroxylation sites is 1. The number of rotatable bonds is 0. The molecule has 1 aliphatic rings. The van der Waals surface area contributed by atoms with Crippen LogP contribution < -0.4 is 4.99 Å². The van der Waals surface area contributed by atoms with Gasteiger partial charge in [-0.15, -0.1) is 0 Å². The highest BCUT2D eigenvalue weighted by Crippen LogP contribution is 2.21. The van der Waals surface area contributed by atoms with Gasteiger partial charge in [0.15, 0.2) is 6.21 Å². The van der Waals surface area contributed by atoms with Crippen molar-refractivity contribution in [1.82, 2.24) is 0 Å². The van der Waals surface area contributed by atoms with Crippen LogP contribution in [0.25, 0.3) is 5.57 Å². The van der Waals surface area contributed by atoms with Crippen molar-refractivity contribution in [1.29, 1.82) is 0 Å². The predicted octanol–water partition coefficient (Wildman–Crippen LogP) is 1.52. The molecule has 0 aromatic heterocycles. The average molecular weight is 172 g/mol. The standard InChI is InChI=1S/C12H13N/c1-9-7-10(2)11-5-3-4-6-12(11)13-8-9/h3-9H,1-2H3/p+1. The van der Waals surface area contributed by atoms with Gasteiger partial charge in [0, 0.05) is 11.6 Å². The second-order valence-corrected chi connectivity index (χ2v) is 3.57. The Bertz CT molecular complexity index is 374. The van der Waals surface area contributed by atoms with E-state index >= 15 is 0 Å². The molecule has 0 amide bonds. The first kappa shape index (κ1) is 8.24. The van der Waals surface area contributed by atoms with Crippen molar-refractivity contribution in [3.63, 3.8) is 0 Å². The Morgan fingerprint density at radius 2 is 2.00 bits per heavy atom. The first-order valence-corrected chi connectivity index (χ1v) is 4.65. The maximum Gasteiger partial charge on any atom is 0.210 e. The third-order valence-corrected chi connectivity index (χ3v) is 2.37. The van der Waals surface area contributed by atoms with Gasteiger partial charge < -0.3 is 0 Å². The molecular weight excluding hydrogens is 158 g/mol. The van der Waals surface area contributed by atoms with E-state index in [4.69, 9.17) is 0 Å². The summed E-state index contributed by atoms with van der Waals surface area (Å²) in [7, 11) is 0. The minimum Gasteiger partial charge on any atom is -0.214 e. The van der Waals surface area contributed by atoms with Gasteiger partial charge in [0.25, 0.3) is 0 Å². The zero-order valence-corrected chi connectivity index (χ0v) is 8.04. The lowest BCUT2D eigenvalue weighted by Crippen LogP contribution is -2.62. The van der Waals surface area contributed by atoms with Crippen LogP contribution in [-0.4, -0.2) is 6.21 Å². The molecule has 1 atom stereocenters. The van der Waals surface area contributed by atoms with Gasteiger partial charge in [0.2, 0.25) is 5.69 Å². The van der Waals surface area contributed by atoms with E-state index < -0.39 is 0 Å². The Morgan fingerprint density at radius 3 is 2.85 bits per heavy atom. The molecule has 2 rings (SSSR count). The third-order valence-electron chi connectivity index (χ3n) is 2.37. The molecule has 1 aromatic carbocycles. The SMILES string of the molecule is CC1=CC(C)C=[NH+]c2ccccc21. The molecule has 66 valence electrons. The molecule has 0 fully saturated rings. The van der Waals surface area contributed by atoms with Crippen LogP contribution in [0.2, 0.25) is 0 Å². The van der Waals surface area contributed by atoms with Gasteiger partial charge in [-0.2, -0.15) is 0 Å². The quantitative estimate of drug-likeness (QED) is 0.610. The summed E-state index contributed by atoms with van der Waals surface area (Å²) in [6.07, 6.45) is 4.40. The molecule has 0 spiro atoms. The van der Waals surface area contributed by atoms with Gasteiger partial charge in [-0.3, -0.25) is 0 Å². The summed E-state index contributed by atoms with van der Waals surface area (Å²) in [5.41, 5.74) is 3.87. The summed E-state index contributed by atoms with van der Waals surface area (Å²) >= 11 is 0. The van der Waals surface area contributed by atoms with E-state index in [1.807, 2.05) is 0 Å². The zero-order chi connectivity index (χ0) is 9.26. The van der Waals surface area contributed by atoms with E-state index in [0.717, 1.165) is 0 Å². The molecule has 0 saturated carbocycles. The number of hydrogen-bond acceptors (Lipinski definition) is 0. The Labute approximate surface area is 78.8 Å². The summed E-state index contributed by atoms with van der Waals surface area (Å²) in [4.78, 5) is 3.33. The molecule has 1 N–H and O–H groups in total.